The van der Waals surface area contributed by atoms with E-state index in [-0.39, 0.29) is 5.97 Å². The van der Waals surface area contributed by atoms with Gasteiger partial charge in [0.15, 0.2) is 0 Å². The minimum atomic E-state index is -0.176. The predicted molar refractivity (Wildman–Crippen MR) is 75.8 cm³/mol. The van der Waals surface area contributed by atoms with Crippen LogP contribution in [0, 0.1) is 0 Å². The van der Waals surface area contributed by atoms with Crippen molar-refractivity contribution in [2.75, 3.05) is 33.9 Å². The largest absolute Gasteiger partial charge is 0.469 e. The van der Waals surface area contributed by atoms with Crippen LogP contribution in [0.25, 0.3) is 0 Å². The molecule has 0 fully saturated rings. The molecule has 1 aromatic heterocycles. The van der Waals surface area contributed by atoms with E-state index < -0.39 is 0 Å². The van der Waals surface area contributed by atoms with Gasteiger partial charge in [-0.05, 0) is 22.0 Å². The van der Waals surface area contributed by atoms with Gasteiger partial charge in [0.1, 0.15) is 0 Å². The standard InChI is InChI=1S/C12H18BrNO3S/c1-16-6-5-14(4-3-12(15)17-2)8-11-7-10(13)9-18-11/h7,9H,3-6,8H2,1-2H3. The molecule has 1 heterocycles. The van der Waals surface area contributed by atoms with Crippen molar-refractivity contribution in [2.24, 2.45) is 0 Å². The Labute approximate surface area is 120 Å². The van der Waals surface area contributed by atoms with Gasteiger partial charge in [0.05, 0.1) is 20.1 Å². The average Bonchev–Trinajstić information content (AvgIpc) is 2.77. The molecule has 18 heavy (non-hydrogen) atoms. The molecule has 102 valence electrons. The molecule has 0 unspecified atom stereocenters. The third-order valence-electron chi connectivity index (χ3n) is 2.47. The lowest BCUT2D eigenvalue weighted by molar-refractivity contribution is -0.141. The summed E-state index contributed by atoms with van der Waals surface area (Å²) in [6, 6.07) is 2.10. The van der Waals surface area contributed by atoms with Crippen LogP contribution in [0.5, 0.6) is 0 Å². The number of methoxy groups -OCH3 is 2. The number of hydrogen-bond acceptors (Lipinski definition) is 5. The summed E-state index contributed by atoms with van der Waals surface area (Å²) in [6.45, 7) is 2.99. The van der Waals surface area contributed by atoms with Gasteiger partial charge in [0, 0.05) is 41.5 Å². The maximum Gasteiger partial charge on any atom is 0.306 e. The van der Waals surface area contributed by atoms with Crippen molar-refractivity contribution in [2.45, 2.75) is 13.0 Å². The van der Waals surface area contributed by atoms with E-state index in [9.17, 15) is 4.79 Å². The van der Waals surface area contributed by atoms with Crippen molar-refractivity contribution in [3.63, 3.8) is 0 Å². The highest BCUT2D eigenvalue weighted by Crippen LogP contribution is 2.21. The molecule has 6 heteroatoms. The van der Waals surface area contributed by atoms with E-state index in [1.54, 1.807) is 18.4 Å². The van der Waals surface area contributed by atoms with Crippen molar-refractivity contribution in [1.82, 2.24) is 4.90 Å². The number of carbonyl (C=O) groups is 1. The van der Waals surface area contributed by atoms with E-state index in [0.717, 1.165) is 17.6 Å². The zero-order chi connectivity index (χ0) is 13.4. The highest BCUT2D eigenvalue weighted by Gasteiger charge is 2.10. The Bertz CT molecular complexity index is 370. The first kappa shape index (κ1) is 15.6. The number of ether oxygens (including phenoxy) is 2. The number of halogens is 1. The van der Waals surface area contributed by atoms with E-state index in [2.05, 4.69) is 37.0 Å². The van der Waals surface area contributed by atoms with Crippen molar-refractivity contribution in [3.05, 3.63) is 20.8 Å². The summed E-state index contributed by atoms with van der Waals surface area (Å²) in [5.74, 6) is -0.176. The second-order valence-corrected chi connectivity index (χ2v) is 5.74. The molecule has 0 bridgehead atoms. The fourth-order valence-corrected chi connectivity index (χ4v) is 2.99. The maximum absolute atomic E-state index is 11.2. The summed E-state index contributed by atoms with van der Waals surface area (Å²) in [4.78, 5) is 14.6. The lowest BCUT2D eigenvalue weighted by Crippen LogP contribution is -2.29. The van der Waals surface area contributed by atoms with E-state index >= 15 is 0 Å². The predicted octanol–water partition coefficient (Wildman–Crippen LogP) is 2.52. The van der Waals surface area contributed by atoms with Crippen LogP contribution in [0.15, 0.2) is 15.9 Å². The van der Waals surface area contributed by atoms with Gasteiger partial charge >= 0.3 is 5.97 Å². The zero-order valence-corrected chi connectivity index (χ0v) is 13.1. The minimum Gasteiger partial charge on any atom is -0.469 e. The summed E-state index contributed by atoms with van der Waals surface area (Å²) >= 11 is 5.15. The van der Waals surface area contributed by atoms with Gasteiger partial charge in [-0.3, -0.25) is 9.69 Å². The SMILES string of the molecule is COCCN(CCC(=O)OC)Cc1cc(Br)cs1. The summed E-state index contributed by atoms with van der Waals surface area (Å²) < 4.78 is 10.8. The highest BCUT2D eigenvalue weighted by atomic mass is 79.9. The smallest absolute Gasteiger partial charge is 0.306 e. The monoisotopic (exact) mass is 335 g/mol. The van der Waals surface area contributed by atoms with Crippen molar-refractivity contribution >= 4 is 33.2 Å². The van der Waals surface area contributed by atoms with Gasteiger partial charge in [0.2, 0.25) is 0 Å². The number of nitrogens with zero attached hydrogens (tertiary/aromatic N) is 1. The molecule has 0 spiro atoms. The van der Waals surface area contributed by atoms with Crippen molar-refractivity contribution in [1.29, 1.82) is 0 Å². The van der Waals surface area contributed by atoms with Crippen LogP contribution in [0.3, 0.4) is 0 Å². The third-order valence-corrected chi connectivity index (χ3v) is 4.16. The molecule has 0 radical (unpaired) electrons. The Morgan fingerprint density at radius 2 is 2.22 bits per heavy atom. The number of rotatable bonds is 8. The quantitative estimate of drug-likeness (QED) is 0.684. The molecule has 1 aromatic rings. The summed E-state index contributed by atoms with van der Waals surface area (Å²) in [5, 5.41) is 2.06. The second kappa shape index (κ2) is 8.63. The fourth-order valence-electron chi connectivity index (χ4n) is 1.50. The van der Waals surface area contributed by atoms with Gasteiger partial charge in [-0.25, -0.2) is 0 Å². The van der Waals surface area contributed by atoms with E-state index in [4.69, 9.17) is 4.74 Å². The zero-order valence-electron chi connectivity index (χ0n) is 10.6. The summed E-state index contributed by atoms with van der Waals surface area (Å²) in [7, 11) is 3.10. The van der Waals surface area contributed by atoms with Gasteiger partial charge in [-0.15, -0.1) is 11.3 Å². The Morgan fingerprint density at radius 1 is 1.44 bits per heavy atom. The molecule has 4 nitrogen and oxygen atoms in total. The fraction of sp³-hybridized carbons (Fsp3) is 0.583. The van der Waals surface area contributed by atoms with E-state index in [1.165, 1.54) is 12.0 Å². The Hall–Kier alpha value is -0.430. The van der Waals surface area contributed by atoms with E-state index in [1.807, 2.05) is 0 Å². The van der Waals surface area contributed by atoms with Crippen LogP contribution >= 0.6 is 27.3 Å². The molecular weight excluding hydrogens is 318 g/mol. The number of esters is 1. The summed E-state index contributed by atoms with van der Waals surface area (Å²) in [6.07, 6.45) is 0.409. The molecule has 0 aromatic carbocycles. The first-order valence-corrected chi connectivity index (χ1v) is 7.34. The number of thiophene rings is 1. The lowest BCUT2D eigenvalue weighted by atomic mass is 10.3. The van der Waals surface area contributed by atoms with Crippen molar-refractivity contribution < 1.29 is 14.3 Å². The Morgan fingerprint density at radius 3 is 2.78 bits per heavy atom. The molecular formula is C12H18BrNO3S. The molecule has 0 amide bonds. The molecule has 0 atom stereocenters. The molecule has 0 N–H and O–H groups in total. The lowest BCUT2D eigenvalue weighted by Gasteiger charge is -2.20. The van der Waals surface area contributed by atoms with Crippen LogP contribution in [0.4, 0.5) is 0 Å². The number of carbonyl (C=O) groups excluding carboxylic acids is 1. The van der Waals surface area contributed by atoms with E-state index in [0.29, 0.717) is 19.6 Å². The highest BCUT2D eigenvalue weighted by molar-refractivity contribution is 9.10. The molecule has 0 saturated carbocycles. The maximum atomic E-state index is 11.2. The van der Waals surface area contributed by atoms with Crippen LogP contribution in [0.1, 0.15) is 11.3 Å². The normalized spacial score (nSPS) is 10.9. The van der Waals surface area contributed by atoms with Gasteiger partial charge in [-0.1, -0.05) is 0 Å². The Balaban J connectivity index is 2.46. The van der Waals surface area contributed by atoms with Gasteiger partial charge < -0.3 is 9.47 Å². The van der Waals surface area contributed by atoms with Gasteiger partial charge in [-0.2, -0.15) is 0 Å². The molecule has 0 saturated heterocycles. The molecule has 1 rings (SSSR count). The first-order valence-electron chi connectivity index (χ1n) is 5.66. The average molecular weight is 336 g/mol. The van der Waals surface area contributed by atoms with Crippen LogP contribution < -0.4 is 0 Å². The number of hydrogen-bond donors (Lipinski definition) is 0. The Kier molecular flexibility index (Phi) is 7.50. The molecule has 0 aliphatic carbocycles. The van der Waals surface area contributed by atoms with Crippen LogP contribution in [0.2, 0.25) is 0 Å². The van der Waals surface area contributed by atoms with Crippen molar-refractivity contribution in [3.8, 4) is 0 Å². The van der Waals surface area contributed by atoms with Gasteiger partial charge in [0.25, 0.3) is 0 Å². The van der Waals surface area contributed by atoms with Crippen LogP contribution in [-0.2, 0) is 20.8 Å². The molecule has 0 aliphatic heterocycles. The summed E-state index contributed by atoms with van der Waals surface area (Å²) in [5.41, 5.74) is 0. The first-order chi connectivity index (χ1) is 8.65. The minimum absolute atomic E-state index is 0.176. The topological polar surface area (TPSA) is 38.8 Å². The molecule has 0 aliphatic rings. The third kappa shape index (κ3) is 5.95. The second-order valence-electron chi connectivity index (χ2n) is 3.83. The van der Waals surface area contributed by atoms with Crippen LogP contribution in [-0.4, -0.2) is 44.8 Å².